The van der Waals surface area contributed by atoms with E-state index in [-0.39, 0.29) is 11.3 Å². The van der Waals surface area contributed by atoms with E-state index in [1.807, 2.05) is 0 Å². The first-order valence-corrected chi connectivity index (χ1v) is 7.34. The molecular weight excluding hydrogens is 226 g/mol. The summed E-state index contributed by atoms with van der Waals surface area (Å²) < 4.78 is 5.88. The van der Waals surface area contributed by atoms with Gasteiger partial charge in [0.15, 0.2) is 0 Å². The van der Waals surface area contributed by atoms with Crippen LogP contribution in [0.4, 0.5) is 0 Å². The summed E-state index contributed by atoms with van der Waals surface area (Å²) in [4.78, 5) is 11.8. The highest BCUT2D eigenvalue weighted by molar-refractivity contribution is 5.80. The van der Waals surface area contributed by atoms with E-state index in [2.05, 4.69) is 33.0 Å². The third-order valence-corrected chi connectivity index (χ3v) is 4.58. The summed E-state index contributed by atoms with van der Waals surface area (Å²) in [6.07, 6.45) is 4.20. The van der Waals surface area contributed by atoms with E-state index in [1.54, 1.807) is 0 Å². The number of hydrogen-bond acceptors (Lipinski definition) is 2. The van der Waals surface area contributed by atoms with Crippen LogP contribution in [0.2, 0.25) is 0 Å². The van der Waals surface area contributed by atoms with Gasteiger partial charge in [-0.15, -0.1) is 0 Å². The molecule has 2 heterocycles. The van der Waals surface area contributed by atoms with Crippen LogP contribution in [0.3, 0.4) is 0 Å². The third kappa shape index (κ3) is 2.71. The Hall–Kier alpha value is -0.570. The fourth-order valence-corrected chi connectivity index (χ4v) is 3.50. The monoisotopic (exact) mass is 253 g/mol. The number of ether oxygens (including phenoxy) is 1. The quantitative estimate of drug-likeness (QED) is 0.840. The normalized spacial score (nSPS) is 36.7. The van der Waals surface area contributed by atoms with E-state index in [0.29, 0.717) is 30.4 Å². The molecule has 0 radical (unpaired) electrons. The van der Waals surface area contributed by atoms with Crippen LogP contribution in [0.25, 0.3) is 0 Å². The summed E-state index contributed by atoms with van der Waals surface area (Å²) >= 11 is 0. The molecule has 3 nitrogen and oxygen atoms in total. The van der Waals surface area contributed by atoms with Crippen LogP contribution in [-0.4, -0.2) is 24.7 Å². The molecule has 2 fully saturated rings. The lowest BCUT2D eigenvalue weighted by molar-refractivity contribution is -0.120. The number of carbonyl (C=O) groups is 1. The highest BCUT2D eigenvalue weighted by atomic mass is 16.5. The van der Waals surface area contributed by atoms with Gasteiger partial charge in [-0.2, -0.15) is 0 Å². The SMILES string of the molecule is CC(C)CC1NC(=O)CC12CCOC(C(C)C)C2. The van der Waals surface area contributed by atoms with Crippen molar-refractivity contribution < 1.29 is 9.53 Å². The summed E-state index contributed by atoms with van der Waals surface area (Å²) in [5.74, 6) is 1.41. The topological polar surface area (TPSA) is 38.3 Å². The first-order chi connectivity index (χ1) is 8.43. The molecule has 3 unspecified atom stereocenters. The Bertz CT molecular complexity index is 314. The zero-order valence-electron chi connectivity index (χ0n) is 12.2. The van der Waals surface area contributed by atoms with Gasteiger partial charge in [0.2, 0.25) is 5.91 Å². The predicted octanol–water partition coefficient (Wildman–Crippen LogP) is 2.74. The first kappa shape index (κ1) is 13.9. The number of hydrogen-bond donors (Lipinski definition) is 1. The Morgan fingerprint density at radius 2 is 2.11 bits per heavy atom. The minimum Gasteiger partial charge on any atom is -0.378 e. The smallest absolute Gasteiger partial charge is 0.220 e. The summed E-state index contributed by atoms with van der Waals surface area (Å²) in [5, 5.41) is 3.21. The van der Waals surface area contributed by atoms with Crippen LogP contribution in [0.5, 0.6) is 0 Å². The average Bonchev–Trinajstić information content (AvgIpc) is 2.54. The third-order valence-electron chi connectivity index (χ3n) is 4.58. The van der Waals surface area contributed by atoms with Crippen LogP contribution in [0, 0.1) is 17.3 Å². The Kier molecular flexibility index (Phi) is 4.00. The van der Waals surface area contributed by atoms with Gasteiger partial charge in [-0.3, -0.25) is 4.79 Å². The molecular formula is C15H27NO2. The molecule has 0 bridgehead atoms. The maximum absolute atomic E-state index is 11.8. The van der Waals surface area contributed by atoms with Crippen molar-refractivity contribution in [3.63, 3.8) is 0 Å². The lowest BCUT2D eigenvalue weighted by Gasteiger charge is -2.43. The number of carbonyl (C=O) groups excluding carboxylic acids is 1. The maximum Gasteiger partial charge on any atom is 0.220 e. The first-order valence-electron chi connectivity index (χ1n) is 7.34. The van der Waals surface area contributed by atoms with Gasteiger partial charge in [0, 0.05) is 24.5 Å². The van der Waals surface area contributed by atoms with Gasteiger partial charge < -0.3 is 10.1 Å². The van der Waals surface area contributed by atoms with Crippen molar-refractivity contribution in [1.82, 2.24) is 5.32 Å². The van der Waals surface area contributed by atoms with Crippen LogP contribution in [0.15, 0.2) is 0 Å². The van der Waals surface area contributed by atoms with Crippen LogP contribution >= 0.6 is 0 Å². The Morgan fingerprint density at radius 3 is 2.72 bits per heavy atom. The number of amides is 1. The minimum absolute atomic E-state index is 0.161. The molecule has 104 valence electrons. The largest absolute Gasteiger partial charge is 0.378 e. The second-order valence-electron chi connectivity index (χ2n) is 6.90. The molecule has 0 aliphatic carbocycles. The molecule has 2 saturated heterocycles. The van der Waals surface area contributed by atoms with Crippen molar-refractivity contribution in [3.8, 4) is 0 Å². The Balaban J connectivity index is 2.13. The summed E-state index contributed by atoms with van der Waals surface area (Å²) in [6.45, 7) is 9.71. The standard InChI is InChI=1S/C15H27NO2/c1-10(2)7-13-15(9-14(17)16-13)5-6-18-12(8-15)11(3)4/h10-13H,5-9H2,1-4H3,(H,16,17). The van der Waals surface area contributed by atoms with Gasteiger partial charge in [-0.25, -0.2) is 0 Å². The molecule has 1 N–H and O–H groups in total. The summed E-state index contributed by atoms with van der Waals surface area (Å²) in [6, 6.07) is 0.357. The lowest BCUT2D eigenvalue weighted by atomic mass is 9.69. The number of rotatable bonds is 3. The van der Waals surface area contributed by atoms with E-state index >= 15 is 0 Å². The van der Waals surface area contributed by atoms with Gasteiger partial charge in [-0.1, -0.05) is 27.7 Å². The van der Waals surface area contributed by atoms with Crippen molar-refractivity contribution in [2.24, 2.45) is 17.3 Å². The van der Waals surface area contributed by atoms with Gasteiger partial charge in [0.05, 0.1) is 6.10 Å². The van der Waals surface area contributed by atoms with E-state index in [0.717, 1.165) is 25.9 Å². The van der Waals surface area contributed by atoms with Crippen molar-refractivity contribution in [2.75, 3.05) is 6.61 Å². The molecule has 18 heavy (non-hydrogen) atoms. The zero-order chi connectivity index (χ0) is 13.3. The van der Waals surface area contributed by atoms with Crippen molar-refractivity contribution >= 4 is 5.91 Å². The molecule has 0 aromatic heterocycles. The summed E-state index contributed by atoms with van der Waals surface area (Å²) in [5.41, 5.74) is 0.161. The maximum atomic E-state index is 11.8. The molecule has 2 aliphatic rings. The molecule has 0 aromatic carbocycles. The fraction of sp³-hybridized carbons (Fsp3) is 0.933. The minimum atomic E-state index is 0.161. The highest BCUT2D eigenvalue weighted by Gasteiger charge is 2.49. The van der Waals surface area contributed by atoms with Crippen molar-refractivity contribution in [2.45, 2.75) is 65.5 Å². The van der Waals surface area contributed by atoms with Crippen molar-refractivity contribution in [3.05, 3.63) is 0 Å². The van der Waals surface area contributed by atoms with Crippen LogP contribution in [-0.2, 0) is 9.53 Å². The predicted molar refractivity (Wildman–Crippen MR) is 72.2 cm³/mol. The van der Waals surface area contributed by atoms with Gasteiger partial charge in [0.25, 0.3) is 0 Å². The number of nitrogens with one attached hydrogen (secondary N) is 1. The van der Waals surface area contributed by atoms with Gasteiger partial charge in [-0.05, 0) is 31.1 Å². The van der Waals surface area contributed by atoms with Crippen LogP contribution in [0.1, 0.15) is 53.4 Å². The van der Waals surface area contributed by atoms with E-state index in [9.17, 15) is 4.79 Å². The molecule has 2 rings (SSSR count). The van der Waals surface area contributed by atoms with Crippen LogP contribution < -0.4 is 5.32 Å². The van der Waals surface area contributed by atoms with E-state index < -0.39 is 0 Å². The zero-order valence-corrected chi connectivity index (χ0v) is 12.2. The molecule has 0 aromatic rings. The van der Waals surface area contributed by atoms with Gasteiger partial charge >= 0.3 is 0 Å². The lowest BCUT2D eigenvalue weighted by Crippen LogP contribution is -2.45. The van der Waals surface area contributed by atoms with E-state index in [4.69, 9.17) is 4.74 Å². The van der Waals surface area contributed by atoms with Crippen molar-refractivity contribution in [1.29, 1.82) is 0 Å². The Labute approximate surface area is 111 Å². The van der Waals surface area contributed by atoms with E-state index in [1.165, 1.54) is 0 Å². The summed E-state index contributed by atoms with van der Waals surface area (Å²) in [7, 11) is 0. The molecule has 1 spiro atoms. The highest BCUT2D eigenvalue weighted by Crippen LogP contribution is 2.46. The molecule has 0 saturated carbocycles. The molecule has 3 heteroatoms. The second kappa shape index (κ2) is 5.20. The fourth-order valence-electron chi connectivity index (χ4n) is 3.50. The second-order valence-corrected chi connectivity index (χ2v) is 6.90. The molecule has 2 aliphatic heterocycles. The average molecular weight is 253 g/mol. The molecule has 3 atom stereocenters. The van der Waals surface area contributed by atoms with Gasteiger partial charge in [0.1, 0.15) is 0 Å². The Morgan fingerprint density at radius 1 is 1.39 bits per heavy atom. The molecule has 1 amide bonds.